The molecule has 2 aromatic carbocycles. The fourth-order valence-electron chi connectivity index (χ4n) is 4.39. The molecule has 0 unspecified atom stereocenters. The highest BCUT2D eigenvalue weighted by molar-refractivity contribution is 6.31. The second-order valence-corrected chi connectivity index (χ2v) is 8.49. The summed E-state index contributed by atoms with van der Waals surface area (Å²) in [5, 5.41) is 3.81. The minimum Gasteiger partial charge on any atom is -0.316 e. The number of hydrogen-bond donors (Lipinski definition) is 1. The second-order valence-electron chi connectivity index (χ2n) is 8.08. The van der Waals surface area contributed by atoms with E-state index in [9.17, 15) is 14.0 Å². The summed E-state index contributed by atoms with van der Waals surface area (Å²) in [5.74, 6) is -0.00914. The van der Waals surface area contributed by atoms with Crippen molar-refractivity contribution in [3.05, 3.63) is 63.4 Å². The number of ketones is 1. The van der Waals surface area contributed by atoms with Gasteiger partial charge in [0.25, 0.3) is 0 Å². The number of Topliss-reactive ketones (excluding diaryl/α,β-unsaturated/α-hetero) is 1. The number of carbonyl (C=O) groups is 2. The van der Waals surface area contributed by atoms with E-state index in [4.69, 9.17) is 11.6 Å². The summed E-state index contributed by atoms with van der Waals surface area (Å²) in [6.07, 6.45) is 5.31. The lowest BCUT2D eigenvalue weighted by Gasteiger charge is -2.25. The summed E-state index contributed by atoms with van der Waals surface area (Å²) in [5.41, 5.74) is 4.90. The smallest absolute Gasteiger partial charge is 0.231 e. The number of anilines is 1. The molecule has 2 aliphatic rings. The average Bonchev–Trinajstić information content (AvgIpc) is 3.05. The Morgan fingerprint density at radius 2 is 1.97 bits per heavy atom. The number of nitrogens with zero attached hydrogens (tertiary/aromatic N) is 1. The van der Waals surface area contributed by atoms with Gasteiger partial charge in [0, 0.05) is 23.6 Å². The van der Waals surface area contributed by atoms with Crippen molar-refractivity contribution in [3.63, 3.8) is 0 Å². The zero-order chi connectivity index (χ0) is 21.1. The standard InChI is InChI=1S/C24H26ClFN2O2/c25-21-15-20(26)7-6-16(21)8-10-27-9-2-1-5-22(29)18-12-17-4-3-11-28-23(30)14-19(13-18)24(17)28/h6-7,12-13,15,27H,1-5,8-11,14H2. The Morgan fingerprint density at radius 1 is 1.13 bits per heavy atom. The van der Waals surface area contributed by atoms with Gasteiger partial charge in [-0.1, -0.05) is 17.7 Å². The van der Waals surface area contributed by atoms with Crippen LogP contribution < -0.4 is 10.2 Å². The number of nitrogens with one attached hydrogen (secondary N) is 1. The highest BCUT2D eigenvalue weighted by atomic mass is 35.5. The molecule has 0 saturated carbocycles. The number of halogens is 2. The maximum Gasteiger partial charge on any atom is 0.231 e. The Hall–Kier alpha value is -2.24. The Labute approximate surface area is 181 Å². The number of rotatable bonds is 9. The first kappa shape index (κ1) is 21.0. The quantitative estimate of drug-likeness (QED) is 0.472. The van der Waals surface area contributed by atoms with Gasteiger partial charge in [-0.15, -0.1) is 0 Å². The van der Waals surface area contributed by atoms with Crippen molar-refractivity contribution in [2.45, 2.75) is 44.9 Å². The maximum atomic E-state index is 13.1. The minimum atomic E-state index is -0.321. The first-order valence-electron chi connectivity index (χ1n) is 10.7. The van der Waals surface area contributed by atoms with Gasteiger partial charge in [-0.2, -0.15) is 0 Å². The minimum absolute atomic E-state index is 0.156. The lowest BCUT2D eigenvalue weighted by atomic mass is 9.94. The van der Waals surface area contributed by atoms with Crippen molar-refractivity contribution in [3.8, 4) is 0 Å². The molecule has 1 N–H and O–H groups in total. The predicted molar refractivity (Wildman–Crippen MR) is 117 cm³/mol. The van der Waals surface area contributed by atoms with Gasteiger partial charge in [-0.3, -0.25) is 9.59 Å². The maximum absolute atomic E-state index is 13.1. The molecule has 4 rings (SSSR count). The van der Waals surface area contributed by atoms with Crippen LogP contribution >= 0.6 is 11.6 Å². The lowest BCUT2D eigenvalue weighted by molar-refractivity contribution is -0.117. The number of hydrogen-bond acceptors (Lipinski definition) is 3. The molecule has 0 atom stereocenters. The lowest BCUT2D eigenvalue weighted by Crippen LogP contribution is -2.31. The van der Waals surface area contributed by atoms with Crippen molar-refractivity contribution < 1.29 is 14.0 Å². The first-order valence-corrected chi connectivity index (χ1v) is 11.0. The molecule has 0 spiro atoms. The van der Waals surface area contributed by atoms with Crippen LogP contribution in [-0.4, -0.2) is 31.3 Å². The van der Waals surface area contributed by atoms with Crippen LogP contribution in [0.3, 0.4) is 0 Å². The van der Waals surface area contributed by atoms with Crippen LogP contribution in [0.2, 0.25) is 5.02 Å². The third kappa shape index (κ3) is 4.57. The van der Waals surface area contributed by atoms with Gasteiger partial charge in [0.1, 0.15) is 5.82 Å². The van der Waals surface area contributed by atoms with E-state index in [1.54, 1.807) is 6.07 Å². The molecule has 30 heavy (non-hydrogen) atoms. The molecular formula is C24H26ClFN2O2. The molecule has 0 saturated heterocycles. The van der Waals surface area contributed by atoms with Crippen LogP contribution in [0, 0.1) is 5.82 Å². The Morgan fingerprint density at radius 3 is 2.80 bits per heavy atom. The third-order valence-electron chi connectivity index (χ3n) is 5.92. The second kappa shape index (κ2) is 9.27. The molecule has 2 aliphatic heterocycles. The third-order valence-corrected chi connectivity index (χ3v) is 6.28. The van der Waals surface area contributed by atoms with Crippen LogP contribution in [0.1, 0.15) is 52.7 Å². The molecule has 6 heteroatoms. The highest BCUT2D eigenvalue weighted by Crippen LogP contribution is 2.37. The first-order chi connectivity index (χ1) is 14.5. The number of aryl methyl sites for hydroxylation is 1. The molecule has 0 fully saturated rings. The van der Waals surface area contributed by atoms with Crippen LogP contribution in [0.5, 0.6) is 0 Å². The molecule has 158 valence electrons. The number of benzene rings is 2. The van der Waals surface area contributed by atoms with Crippen molar-refractivity contribution in [2.24, 2.45) is 0 Å². The van der Waals surface area contributed by atoms with Gasteiger partial charge in [-0.25, -0.2) is 4.39 Å². The number of amides is 1. The zero-order valence-corrected chi connectivity index (χ0v) is 17.7. The molecule has 2 heterocycles. The molecule has 0 aromatic heterocycles. The van der Waals surface area contributed by atoms with E-state index in [0.29, 0.717) is 17.9 Å². The molecule has 4 nitrogen and oxygen atoms in total. The van der Waals surface area contributed by atoms with E-state index < -0.39 is 0 Å². The van der Waals surface area contributed by atoms with Crippen LogP contribution in [-0.2, 0) is 24.1 Å². The average molecular weight is 429 g/mol. The van der Waals surface area contributed by atoms with Gasteiger partial charge in [-0.05, 0) is 86.1 Å². The Balaban J connectivity index is 1.20. The fraction of sp³-hybridized carbons (Fsp3) is 0.417. The molecule has 0 aliphatic carbocycles. The topological polar surface area (TPSA) is 49.4 Å². The van der Waals surface area contributed by atoms with E-state index in [2.05, 4.69) is 5.32 Å². The molecule has 2 aromatic rings. The Kier molecular flexibility index (Phi) is 6.49. The highest BCUT2D eigenvalue weighted by Gasteiger charge is 2.32. The van der Waals surface area contributed by atoms with Gasteiger partial charge < -0.3 is 10.2 Å². The summed E-state index contributed by atoms with van der Waals surface area (Å²) in [4.78, 5) is 26.7. The molecule has 1 amide bonds. The van der Waals surface area contributed by atoms with E-state index in [1.807, 2.05) is 17.0 Å². The van der Waals surface area contributed by atoms with Gasteiger partial charge >= 0.3 is 0 Å². The summed E-state index contributed by atoms with van der Waals surface area (Å²) < 4.78 is 13.1. The monoisotopic (exact) mass is 428 g/mol. The van der Waals surface area contributed by atoms with Crippen LogP contribution in [0.15, 0.2) is 30.3 Å². The molecular weight excluding hydrogens is 403 g/mol. The largest absolute Gasteiger partial charge is 0.316 e. The van der Waals surface area contributed by atoms with Crippen molar-refractivity contribution >= 4 is 29.0 Å². The summed E-state index contributed by atoms with van der Waals surface area (Å²) in [6, 6.07) is 8.40. The van der Waals surface area contributed by atoms with Crippen molar-refractivity contribution in [1.29, 1.82) is 0 Å². The molecule has 0 bridgehead atoms. The zero-order valence-electron chi connectivity index (χ0n) is 17.0. The van der Waals surface area contributed by atoms with E-state index >= 15 is 0 Å². The SMILES string of the molecule is O=C(CCCCNCCc1ccc(F)cc1Cl)c1cc2c3c(c1)CC(=O)N3CCC2. The predicted octanol–water partition coefficient (Wildman–Crippen LogP) is 4.50. The molecule has 0 radical (unpaired) electrons. The summed E-state index contributed by atoms with van der Waals surface area (Å²) >= 11 is 6.03. The summed E-state index contributed by atoms with van der Waals surface area (Å²) in [6.45, 7) is 2.38. The Bertz CT molecular complexity index is 976. The van der Waals surface area contributed by atoms with Crippen molar-refractivity contribution in [2.75, 3.05) is 24.5 Å². The van der Waals surface area contributed by atoms with E-state index in [1.165, 1.54) is 12.1 Å². The number of unbranched alkanes of at least 4 members (excludes halogenated alkanes) is 1. The normalized spacial score (nSPS) is 14.9. The number of carbonyl (C=O) groups excluding carboxylic acids is 2. The fourth-order valence-corrected chi connectivity index (χ4v) is 4.65. The summed E-state index contributed by atoms with van der Waals surface area (Å²) in [7, 11) is 0. The van der Waals surface area contributed by atoms with Crippen LogP contribution in [0.4, 0.5) is 10.1 Å². The van der Waals surface area contributed by atoms with Gasteiger partial charge in [0.2, 0.25) is 5.91 Å². The van der Waals surface area contributed by atoms with Gasteiger partial charge in [0.15, 0.2) is 5.78 Å². The van der Waals surface area contributed by atoms with E-state index in [0.717, 1.165) is 79.7 Å². The van der Waals surface area contributed by atoms with Crippen molar-refractivity contribution in [1.82, 2.24) is 5.32 Å². The van der Waals surface area contributed by atoms with E-state index in [-0.39, 0.29) is 17.5 Å². The van der Waals surface area contributed by atoms with Gasteiger partial charge in [0.05, 0.1) is 12.1 Å². The van der Waals surface area contributed by atoms with Crippen LogP contribution in [0.25, 0.3) is 0 Å².